The number of aromatic amines is 1. The molecule has 0 saturated carbocycles. The first kappa shape index (κ1) is 12.3. The van der Waals surface area contributed by atoms with Crippen LogP contribution in [0.15, 0.2) is 6.20 Å². The first-order valence-electron chi connectivity index (χ1n) is 5.67. The molecule has 2 aromatic rings. The summed E-state index contributed by atoms with van der Waals surface area (Å²) >= 11 is 0. The number of hydrogen-bond donors (Lipinski definition) is 2. The van der Waals surface area contributed by atoms with Gasteiger partial charge in [-0.25, -0.2) is 0 Å². The lowest BCUT2D eigenvalue weighted by molar-refractivity contribution is -0.117. The molecule has 2 heterocycles. The van der Waals surface area contributed by atoms with Gasteiger partial charge < -0.3 is 5.32 Å². The summed E-state index contributed by atoms with van der Waals surface area (Å²) in [5.41, 5.74) is 2.83. The molecule has 0 saturated heterocycles. The Labute approximate surface area is 105 Å². The second-order valence-corrected chi connectivity index (χ2v) is 4.27. The van der Waals surface area contributed by atoms with E-state index in [1.54, 1.807) is 4.68 Å². The van der Waals surface area contributed by atoms with Crippen molar-refractivity contribution in [2.45, 2.75) is 26.7 Å². The lowest BCUT2D eigenvalue weighted by Crippen LogP contribution is -2.20. The molecule has 0 aliphatic heterocycles. The molecular formula is C11H16N6O. The van der Waals surface area contributed by atoms with Crippen LogP contribution in [-0.2, 0) is 11.8 Å². The number of anilines is 1. The van der Waals surface area contributed by atoms with Gasteiger partial charge in [0.25, 0.3) is 0 Å². The first-order chi connectivity index (χ1) is 8.50. The van der Waals surface area contributed by atoms with E-state index in [0.717, 1.165) is 17.0 Å². The van der Waals surface area contributed by atoms with E-state index < -0.39 is 0 Å². The van der Waals surface area contributed by atoms with E-state index in [-0.39, 0.29) is 11.8 Å². The second-order valence-electron chi connectivity index (χ2n) is 4.27. The summed E-state index contributed by atoms with van der Waals surface area (Å²) in [6.07, 6.45) is 1.47. The lowest BCUT2D eigenvalue weighted by Gasteiger charge is -2.11. The Hall–Kier alpha value is -2.18. The minimum Gasteiger partial charge on any atom is -0.307 e. The minimum atomic E-state index is -0.282. The quantitative estimate of drug-likeness (QED) is 0.844. The van der Waals surface area contributed by atoms with Crippen LogP contribution >= 0.6 is 0 Å². The number of hydrogen-bond acceptors (Lipinski definition) is 4. The molecule has 0 spiro atoms. The molecule has 18 heavy (non-hydrogen) atoms. The van der Waals surface area contributed by atoms with Crippen LogP contribution in [0.2, 0.25) is 0 Å². The molecule has 0 radical (unpaired) electrons. The van der Waals surface area contributed by atoms with Gasteiger partial charge in [0.05, 0.1) is 17.8 Å². The van der Waals surface area contributed by atoms with Crippen molar-refractivity contribution < 1.29 is 4.79 Å². The number of aromatic nitrogens is 5. The Morgan fingerprint density at radius 3 is 2.72 bits per heavy atom. The molecule has 96 valence electrons. The number of nitrogens with zero attached hydrogens (tertiary/aromatic N) is 4. The highest BCUT2D eigenvalue weighted by atomic mass is 16.2. The Bertz CT molecular complexity index is 556. The summed E-state index contributed by atoms with van der Waals surface area (Å²) in [6, 6.07) is 0. The fourth-order valence-corrected chi connectivity index (χ4v) is 2.04. The number of nitrogens with one attached hydrogen (secondary N) is 2. The predicted octanol–water partition coefficient (Wildman–Crippen LogP) is 0.897. The first-order valence-corrected chi connectivity index (χ1v) is 5.67. The molecule has 1 amide bonds. The van der Waals surface area contributed by atoms with E-state index in [1.165, 1.54) is 6.20 Å². The topological polar surface area (TPSA) is 88.5 Å². The van der Waals surface area contributed by atoms with Gasteiger partial charge in [-0.2, -0.15) is 15.4 Å². The zero-order valence-corrected chi connectivity index (χ0v) is 10.9. The predicted molar refractivity (Wildman–Crippen MR) is 66.1 cm³/mol. The van der Waals surface area contributed by atoms with E-state index in [4.69, 9.17) is 0 Å². The monoisotopic (exact) mass is 248 g/mol. The third kappa shape index (κ3) is 2.11. The van der Waals surface area contributed by atoms with E-state index >= 15 is 0 Å². The average molecular weight is 248 g/mol. The molecule has 0 fully saturated rings. The normalized spacial score (nSPS) is 12.4. The molecule has 1 unspecified atom stereocenters. The zero-order chi connectivity index (χ0) is 13.3. The fraction of sp³-hybridized carbons (Fsp3) is 0.455. The number of rotatable bonds is 3. The van der Waals surface area contributed by atoms with Crippen LogP contribution in [0.3, 0.4) is 0 Å². The smallest absolute Gasteiger partial charge is 0.233 e. The number of carbonyl (C=O) groups excluding carboxylic acids is 1. The van der Waals surface area contributed by atoms with Gasteiger partial charge >= 0.3 is 0 Å². The minimum absolute atomic E-state index is 0.122. The molecule has 1 atom stereocenters. The van der Waals surface area contributed by atoms with Gasteiger partial charge in [-0.3, -0.25) is 9.48 Å². The molecule has 0 aliphatic rings. The largest absolute Gasteiger partial charge is 0.307 e. The van der Waals surface area contributed by atoms with Crippen molar-refractivity contribution in [2.24, 2.45) is 7.05 Å². The summed E-state index contributed by atoms with van der Waals surface area (Å²) in [6.45, 7) is 5.71. The molecule has 0 aromatic carbocycles. The zero-order valence-electron chi connectivity index (χ0n) is 10.9. The highest BCUT2D eigenvalue weighted by molar-refractivity contribution is 5.95. The van der Waals surface area contributed by atoms with Gasteiger partial charge in [-0.05, 0) is 20.8 Å². The Morgan fingerprint density at radius 1 is 1.50 bits per heavy atom. The summed E-state index contributed by atoms with van der Waals surface area (Å²) in [5.74, 6) is 0.0181. The number of carbonyl (C=O) groups is 1. The Kier molecular flexibility index (Phi) is 3.14. The maximum absolute atomic E-state index is 12.1. The highest BCUT2D eigenvalue weighted by Crippen LogP contribution is 2.23. The summed E-state index contributed by atoms with van der Waals surface area (Å²) in [4.78, 5) is 12.1. The maximum atomic E-state index is 12.1. The number of H-pyrrole nitrogens is 1. The van der Waals surface area contributed by atoms with E-state index in [9.17, 15) is 4.79 Å². The van der Waals surface area contributed by atoms with Crippen LogP contribution in [-0.4, -0.2) is 31.1 Å². The maximum Gasteiger partial charge on any atom is 0.233 e. The second kappa shape index (κ2) is 4.59. The van der Waals surface area contributed by atoms with Crippen molar-refractivity contribution in [1.29, 1.82) is 0 Å². The standard InChI is InChI=1S/C11H16N6O/c1-6(10-7(2)15-17(4)8(10)3)11(18)13-9-5-12-16-14-9/h5-6H,1-4H3,(H2,12,13,14,16,18). The molecule has 0 bridgehead atoms. The van der Waals surface area contributed by atoms with Crippen molar-refractivity contribution >= 4 is 11.7 Å². The SMILES string of the molecule is Cc1nn(C)c(C)c1C(C)C(=O)Nc1cn[nH]n1. The van der Waals surface area contributed by atoms with Gasteiger partial charge in [0.1, 0.15) is 0 Å². The van der Waals surface area contributed by atoms with Gasteiger partial charge in [-0.15, -0.1) is 5.10 Å². The van der Waals surface area contributed by atoms with Crippen LogP contribution < -0.4 is 5.32 Å². The van der Waals surface area contributed by atoms with Crippen molar-refractivity contribution in [1.82, 2.24) is 25.2 Å². The van der Waals surface area contributed by atoms with E-state index in [0.29, 0.717) is 5.82 Å². The number of amides is 1. The molecule has 0 aliphatic carbocycles. The molecule has 2 rings (SSSR count). The number of aryl methyl sites for hydroxylation is 2. The lowest BCUT2D eigenvalue weighted by atomic mass is 9.98. The third-order valence-electron chi connectivity index (χ3n) is 3.06. The molecule has 7 nitrogen and oxygen atoms in total. The van der Waals surface area contributed by atoms with Crippen LogP contribution in [0, 0.1) is 13.8 Å². The summed E-state index contributed by atoms with van der Waals surface area (Å²) < 4.78 is 1.78. The van der Waals surface area contributed by atoms with Crippen LogP contribution in [0.25, 0.3) is 0 Å². The van der Waals surface area contributed by atoms with Gasteiger partial charge in [0.15, 0.2) is 5.82 Å². The Morgan fingerprint density at radius 2 is 2.22 bits per heavy atom. The Balaban J connectivity index is 2.20. The highest BCUT2D eigenvalue weighted by Gasteiger charge is 2.23. The molecule has 7 heteroatoms. The summed E-state index contributed by atoms with van der Waals surface area (Å²) in [5, 5.41) is 16.9. The van der Waals surface area contributed by atoms with Crippen LogP contribution in [0.1, 0.15) is 29.8 Å². The summed E-state index contributed by atoms with van der Waals surface area (Å²) in [7, 11) is 1.87. The van der Waals surface area contributed by atoms with Gasteiger partial charge in [-0.1, -0.05) is 0 Å². The van der Waals surface area contributed by atoms with Crippen LogP contribution in [0.4, 0.5) is 5.82 Å². The van der Waals surface area contributed by atoms with Crippen molar-refractivity contribution in [3.05, 3.63) is 23.1 Å². The van der Waals surface area contributed by atoms with Gasteiger partial charge in [0.2, 0.25) is 5.91 Å². The van der Waals surface area contributed by atoms with E-state index in [2.05, 4.69) is 25.8 Å². The van der Waals surface area contributed by atoms with Crippen LogP contribution in [0.5, 0.6) is 0 Å². The molecule has 2 N–H and O–H groups in total. The third-order valence-corrected chi connectivity index (χ3v) is 3.06. The van der Waals surface area contributed by atoms with Crippen molar-refractivity contribution in [3.8, 4) is 0 Å². The van der Waals surface area contributed by atoms with Gasteiger partial charge in [0, 0.05) is 18.3 Å². The van der Waals surface area contributed by atoms with Crippen molar-refractivity contribution in [2.75, 3.05) is 5.32 Å². The molecular weight excluding hydrogens is 232 g/mol. The van der Waals surface area contributed by atoms with E-state index in [1.807, 2.05) is 27.8 Å². The van der Waals surface area contributed by atoms with Crippen molar-refractivity contribution in [3.63, 3.8) is 0 Å². The molecule has 2 aromatic heterocycles. The average Bonchev–Trinajstić information content (AvgIpc) is 2.88. The fourth-order valence-electron chi connectivity index (χ4n) is 2.04.